The SMILES string of the molecule is CCNC(CCC(=O)OC)C(O)c1ccc(C)c(C)c1. The first-order chi connectivity index (χ1) is 9.49. The van der Waals surface area contributed by atoms with Gasteiger partial charge in [0.2, 0.25) is 0 Å². The lowest BCUT2D eigenvalue weighted by Gasteiger charge is -2.24. The Balaban J connectivity index is 2.78. The van der Waals surface area contributed by atoms with Gasteiger partial charge >= 0.3 is 5.97 Å². The Kier molecular flexibility index (Phi) is 6.68. The summed E-state index contributed by atoms with van der Waals surface area (Å²) in [7, 11) is 1.38. The van der Waals surface area contributed by atoms with Crippen molar-refractivity contribution in [3.8, 4) is 0 Å². The van der Waals surface area contributed by atoms with Crippen molar-refractivity contribution >= 4 is 5.97 Å². The Morgan fingerprint density at radius 1 is 1.35 bits per heavy atom. The van der Waals surface area contributed by atoms with Crippen molar-refractivity contribution in [2.75, 3.05) is 13.7 Å². The summed E-state index contributed by atoms with van der Waals surface area (Å²) in [6, 6.07) is 5.80. The van der Waals surface area contributed by atoms with Gasteiger partial charge in [-0.1, -0.05) is 25.1 Å². The van der Waals surface area contributed by atoms with E-state index in [0.717, 1.165) is 17.7 Å². The predicted octanol–water partition coefficient (Wildman–Crippen LogP) is 2.27. The summed E-state index contributed by atoms with van der Waals surface area (Å²) in [5, 5.41) is 13.7. The van der Waals surface area contributed by atoms with Crippen LogP contribution in [-0.2, 0) is 9.53 Å². The van der Waals surface area contributed by atoms with Crippen LogP contribution in [0.25, 0.3) is 0 Å². The molecule has 0 radical (unpaired) electrons. The molecule has 20 heavy (non-hydrogen) atoms. The summed E-state index contributed by atoms with van der Waals surface area (Å²) in [5.74, 6) is -0.250. The molecule has 0 fully saturated rings. The number of benzene rings is 1. The van der Waals surface area contributed by atoms with Gasteiger partial charge in [0.05, 0.1) is 13.2 Å². The fourth-order valence-corrected chi connectivity index (χ4v) is 2.19. The summed E-state index contributed by atoms with van der Waals surface area (Å²) in [5.41, 5.74) is 3.24. The van der Waals surface area contributed by atoms with E-state index in [9.17, 15) is 9.90 Å². The second-order valence-electron chi connectivity index (χ2n) is 5.07. The molecule has 0 aromatic heterocycles. The van der Waals surface area contributed by atoms with E-state index in [2.05, 4.69) is 10.1 Å². The Morgan fingerprint density at radius 2 is 2.05 bits per heavy atom. The molecule has 4 heteroatoms. The minimum atomic E-state index is -0.626. The average Bonchev–Trinajstić information content (AvgIpc) is 2.45. The summed E-state index contributed by atoms with van der Waals surface area (Å²) >= 11 is 0. The molecule has 0 aliphatic carbocycles. The van der Waals surface area contributed by atoms with Gasteiger partial charge in [-0.2, -0.15) is 0 Å². The number of nitrogens with one attached hydrogen (secondary N) is 1. The number of hydrogen-bond acceptors (Lipinski definition) is 4. The van der Waals surface area contributed by atoms with E-state index in [4.69, 9.17) is 0 Å². The fourth-order valence-electron chi connectivity index (χ4n) is 2.19. The molecule has 0 aliphatic rings. The molecule has 1 aromatic carbocycles. The molecule has 0 saturated carbocycles. The van der Waals surface area contributed by atoms with Crippen molar-refractivity contribution in [1.29, 1.82) is 0 Å². The van der Waals surface area contributed by atoms with Gasteiger partial charge in [0.25, 0.3) is 0 Å². The Bertz CT molecular complexity index is 445. The van der Waals surface area contributed by atoms with E-state index in [1.165, 1.54) is 12.7 Å². The zero-order valence-corrected chi connectivity index (χ0v) is 12.8. The van der Waals surface area contributed by atoms with E-state index in [-0.39, 0.29) is 12.0 Å². The van der Waals surface area contributed by atoms with Crippen molar-refractivity contribution < 1.29 is 14.6 Å². The molecule has 0 heterocycles. The first kappa shape index (κ1) is 16.7. The number of likely N-dealkylation sites (N-methyl/N-ethyl adjacent to an activating group) is 1. The second kappa shape index (κ2) is 8.02. The van der Waals surface area contributed by atoms with Crippen LogP contribution >= 0.6 is 0 Å². The monoisotopic (exact) mass is 279 g/mol. The quantitative estimate of drug-likeness (QED) is 0.752. The van der Waals surface area contributed by atoms with Crippen molar-refractivity contribution in [3.05, 3.63) is 34.9 Å². The summed E-state index contributed by atoms with van der Waals surface area (Å²) in [6.45, 7) is 6.80. The number of aliphatic hydroxyl groups excluding tert-OH is 1. The van der Waals surface area contributed by atoms with Crippen molar-refractivity contribution in [2.45, 2.75) is 45.8 Å². The summed E-state index contributed by atoms with van der Waals surface area (Å²) in [6.07, 6.45) is 0.226. The maximum absolute atomic E-state index is 11.2. The molecule has 0 saturated heterocycles. The molecule has 1 aromatic rings. The number of carbonyl (C=O) groups is 1. The fraction of sp³-hybridized carbons (Fsp3) is 0.562. The lowest BCUT2D eigenvalue weighted by Crippen LogP contribution is -2.35. The van der Waals surface area contributed by atoms with Gasteiger partial charge in [-0.25, -0.2) is 0 Å². The third-order valence-electron chi connectivity index (χ3n) is 3.61. The molecule has 112 valence electrons. The van der Waals surface area contributed by atoms with Crippen LogP contribution in [0.2, 0.25) is 0 Å². The predicted molar refractivity (Wildman–Crippen MR) is 79.6 cm³/mol. The maximum atomic E-state index is 11.2. The summed E-state index contributed by atoms with van der Waals surface area (Å²) < 4.78 is 4.65. The molecule has 0 spiro atoms. The minimum absolute atomic E-state index is 0.152. The van der Waals surface area contributed by atoms with E-state index < -0.39 is 6.10 Å². The lowest BCUT2D eigenvalue weighted by atomic mass is 9.95. The van der Waals surface area contributed by atoms with Crippen LogP contribution in [0.15, 0.2) is 18.2 Å². The van der Waals surface area contributed by atoms with Gasteiger partial charge in [-0.05, 0) is 43.5 Å². The third-order valence-corrected chi connectivity index (χ3v) is 3.61. The number of ether oxygens (including phenoxy) is 1. The van der Waals surface area contributed by atoms with Gasteiger partial charge in [0.15, 0.2) is 0 Å². The van der Waals surface area contributed by atoms with Crippen LogP contribution in [-0.4, -0.2) is 30.8 Å². The molecule has 2 N–H and O–H groups in total. The first-order valence-corrected chi connectivity index (χ1v) is 7.05. The molecule has 0 aliphatic heterocycles. The third kappa shape index (κ3) is 4.62. The van der Waals surface area contributed by atoms with Crippen LogP contribution in [0.5, 0.6) is 0 Å². The number of methoxy groups -OCH3 is 1. The second-order valence-corrected chi connectivity index (χ2v) is 5.07. The van der Waals surface area contributed by atoms with Crippen molar-refractivity contribution in [2.24, 2.45) is 0 Å². The molecular formula is C16H25NO3. The normalized spacial score (nSPS) is 13.8. The highest BCUT2D eigenvalue weighted by Gasteiger charge is 2.21. The van der Waals surface area contributed by atoms with E-state index in [0.29, 0.717) is 12.8 Å². The van der Waals surface area contributed by atoms with Crippen LogP contribution in [0.1, 0.15) is 42.6 Å². The molecule has 4 nitrogen and oxygen atoms in total. The molecule has 0 bridgehead atoms. The Labute approximate surface area is 121 Å². The highest BCUT2D eigenvalue weighted by Crippen LogP contribution is 2.22. The lowest BCUT2D eigenvalue weighted by molar-refractivity contribution is -0.141. The zero-order valence-electron chi connectivity index (χ0n) is 12.8. The Hall–Kier alpha value is -1.39. The Morgan fingerprint density at radius 3 is 2.60 bits per heavy atom. The molecule has 1 rings (SSSR count). The number of esters is 1. The maximum Gasteiger partial charge on any atom is 0.305 e. The molecule has 2 atom stereocenters. The number of rotatable bonds is 7. The largest absolute Gasteiger partial charge is 0.469 e. The van der Waals surface area contributed by atoms with Crippen LogP contribution in [0, 0.1) is 13.8 Å². The van der Waals surface area contributed by atoms with Crippen molar-refractivity contribution in [3.63, 3.8) is 0 Å². The van der Waals surface area contributed by atoms with Gasteiger partial charge in [-0.3, -0.25) is 4.79 Å². The number of aliphatic hydroxyl groups is 1. The van der Waals surface area contributed by atoms with Crippen molar-refractivity contribution in [1.82, 2.24) is 5.32 Å². The van der Waals surface area contributed by atoms with Crippen LogP contribution < -0.4 is 5.32 Å². The molecule has 2 unspecified atom stereocenters. The summed E-state index contributed by atoms with van der Waals surface area (Å²) in [4.78, 5) is 11.2. The highest BCUT2D eigenvalue weighted by atomic mass is 16.5. The topological polar surface area (TPSA) is 58.6 Å². The average molecular weight is 279 g/mol. The van der Waals surface area contributed by atoms with E-state index in [1.54, 1.807) is 0 Å². The number of aryl methyl sites for hydroxylation is 2. The van der Waals surface area contributed by atoms with Crippen LogP contribution in [0.4, 0.5) is 0 Å². The number of carbonyl (C=O) groups excluding carboxylic acids is 1. The smallest absolute Gasteiger partial charge is 0.305 e. The van der Waals surface area contributed by atoms with Gasteiger partial charge in [-0.15, -0.1) is 0 Å². The standard InChI is InChI=1S/C16H25NO3/c1-5-17-14(8-9-15(18)20-4)16(19)13-7-6-11(2)12(3)10-13/h6-7,10,14,16-17,19H,5,8-9H2,1-4H3. The minimum Gasteiger partial charge on any atom is -0.469 e. The molecular weight excluding hydrogens is 254 g/mol. The van der Waals surface area contributed by atoms with E-state index >= 15 is 0 Å². The van der Waals surface area contributed by atoms with Crippen LogP contribution in [0.3, 0.4) is 0 Å². The van der Waals surface area contributed by atoms with Gasteiger partial charge in [0, 0.05) is 12.5 Å². The highest BCUT2D eigenvalue weighted by molar-refractivity contribution is 5.69. The molecule has 0 amide bonds. The van der Waals surface area contributed by atoms with Gasteiger partial charge < -0.3 is 15.2 Å². The first-order valence-electron chi connectivity index (χ1n) is 7.05. The number of hydrogen-bond donors (Lipinski definition) is 2. The zero-order chi connectivity index (χ0) is 15.1. The van der Waals surface area contributed by atoms with E-state index in [1.807, 2.05) is 39.0 Å². The van der Waals surface area contributed by atoms with Gasteiger partial charge in [0.1, 0.15) is 0 Å².